The van der Waals surface area contributed by atoms with E-state index in [0.29, 0.717) is 25.3 Å². The number of piperidine rings is 1. The summed E-state index contributed by atoms with van der Waals surface area (Å²) in [6, 6.07) is 15.3. The number of nitrogens with one attached hydrogen (secondary N) is 1. The highest BCUT2D eigenvalue weighted by Crippen LogP contribution is 2.29. The predicted molar refractivity (Wildman–Crippen MR) is 111 cm³/mol. The number of fused-ring (bicyclic) bond motifs is 1. The summed E-state index contributed by atoms with van der Waals surface area (Å²) >= 11 is 0. The standard InChI is InChI=1S/C21H24N4O3S/c1-29(27,28)24-12-7-10-17(15-24)20-23-19(18-11-5-6-13-25(18)20)21(26)22-14-16-8-3-2-4-9-16/h2-6,8-9,11,13,17H,7,10,12,14-15H2,1H3,(H,22,26)/t17-/m1/s1. The highest BCUT2D eigenvalue weighted by molar-refractivity contribution is 7.88. The molecule has 7 nitrogen and oxygen atoms in total. The van der Waals surface area contributed by atoms with Crippen LogP contribution in [0.3, 0.4) is 0 Å². The molecule has 1 atom stereocenters. The van der Waals surface area contributed by atoms with Crippen LogP contribution in [0.5, 0.6) is 0 Å². The normalized spacial score (nSPS) is 18.0. The number of carbonyl (C=O) groups is 1. The molecule has 0 unspecified atom stereocenters. The average molecular weight is 413 g/mol. The van der Waals surface area contributed by atoms with E-state index >= 15 is 0 Å². The van der Waals surface area contributed by atoms with Gasteiger partial charge in [0, 0.05) is 31.7 Å². The third-order valence-corrected chi connectivity index (χ3v) is 6.57. The smallest absolute Gasteiger partial charge is 0.272 e. The van der Waals surface area contributed by atoms with Crippen LogP contribution in [-0.2, 0) is 16.6 Å². The van der Waals surface area contributed by atoms with Crippen LogP contribution in [0.25, 0.3) is 5.52 Å². The molecule has 1 aromatic carbocycles. The maximum atomic E-state index is 12.9. The molecule has 2 aromatic heterocycles. The number of hydrogen-bond acceptors (Lipinski definition) is 4. The number of aromatic nitrogens is 2. The van der Waals surface area contributed by atoms with Gasteiger partial charge >= 0.3 is 0 Å². The van der Waals surface area contributed by atoms with Gasteiger partial charge in [-0.1, -0.05) is 36.4 Å². The van der Waals surface area contributed by atoms with Crippen molar-refractivity contribution in [1.82, 2.24) is 19.0 Å². The Morgan fingerprint density at radius 3 is 2.69 bits per heavy atom. The van der Waals surface area contributed by atoms with Crippen molar-refractivity contribution >= 4 is 21.4 Å². The predicted octanol–water partition coefficient (Wildman–Crippen LogP) is 2.40. The number of pyridine rings is 1. The van der Waals surface area contributed by atoms with E-state index in [1.54, 1.807) is 0 Å². The molecule has 1 fully saturated rings. The quantitative estimate of drug-likeness (QED) is 0.698. The molecule has 1 saturated heterocycles. The molecule has 8 heteroatoms. The maximum Gasteiger partial charge on any atom is 0.272 e. The molecule has 3 aromatic rings. The lowest BCUT2D eigenvalue weighted by Gasteiger charge is -2.30. The second-order valence-electron chi connectivity index (χ2n) is 7.40. The summed E-state index contributed by atoms with van der Waals surface area (Å²) < 4.78 is 27.4. The zero-order valence-electron chi connectivity index (χ0n) is 16.3. The molecular weight excluding hydrogens is 388 g/mol. The monoisotopic (exact) mass is 412 g/mol. The van der Waals surface area contributed by atoms with Crippen molar-refractivity contribution in [2.24, 2.45) is 0 Å². The molecular formula is C21H24N4O3S. The minimum atomic E-state index is -3.25. The van der Waals surface area contributed by atoms with Crippen LogP contribution < -0.4 is 5.32 Å². The summed E-state index contributed by atoms with van der Waals surface area (Å²) in [7, 11) is -3.25. The fourth-order valence-electron chi connectivity index (χ4n) is 3.83. The molecule has 0 spiro atoms. The van der Waals surface area contributed by atoms with Gasteiger partial charge in [0.2, 0.25) is 10.0 Å². The Balaban J connectivity index is 1.62. The summed E-state index contributed by atoms with van der Waals surface area (Å²) in [6.07, 6.45) is 4.73. The van der Waals surface area contributed by atoms with Crippen LogP contribution in [0, 0.1) is 0 Å². The van der Waals surface area contributed by atoms with Gasteiger partial charge in [0.25, 0.3) is 5.91 Å². The van der Waals surface area contributed by atoms with Gasteiger partial charge in [-0.3, -0.25) is 4.79 Å². The number of nitrogens with zero attached hydrogens (tertiary/aromatic N) is 3. The van der Waals surface area contributed by atoms with Gasteiger partial charge < -0.3 is 9.72 Å². The Kier molecular flexibility index (Phi) is 5.38. The fourth-order valence-corrected chi connectivity index (χ4v) is 4.74. The lowest BCUT2D eigenvalue weighted by atomic mass is 9.99. The Hall–Kier alpha value is -2.71. The Labute approximate surface area is 170 Å². The molecule has 1 aliphatic rings. The minimum Gasteiger partial charge on any atom is -0.347 e. The number of sulfonamides is 1. The molecule has 152 valence electrons. The van der Waals surface area contributed by atoms with E-state index in [9.17, 15) is 13.2 Å². The summed E-state index contributed by atoms with van der Waals surface area (Å²) in [5.74, 6) is 0.447. The van der Waals surface area contributed by atoms with E-state index in [2.05, 4.69) is 10.3 Å². The second-order valence-corrected chi connectivity index (χ2v) is 9.39. The van der Waals surface area contributed by atoms with Gasteiger partial charge in [0.1, 0.15) is 5.82 Å². The lowest BCUT2D eigenvalue weighted by Crippen LogP contribution is -2.38. The van der Waals surface area contributed by atoms with E-state index in [0.717, 1.165) is 29.7 Å². The van der Waals surface area contributed by atoms with Crippen LogP contribution in [-0.4, -0.2) is 47.4 Å². The molecule has 1 amide bonds. The van der Waals surface area contributed by atoms with Crippen molar-refractivity contribution < 1.29 is 13.2 Å². The first-order chi connectivity index (χ1) is 13.9. The number of amides is 1. The fraction of sp³-hybridized carbons (Fsp3) is 0.333. The van der Waals surface area contributed by atoms with Crippen molar-refractivity contribution in [3.05, 3.63) is 71.8 Å². The summed E-state index contributed by atoms with van der Waals surface area (Å²) in [5, 5.41) is 2.94. The summed E-state index contributed by atoms with van der Waals surface area (Å²) in [5.41, 5.74) is 2.11. The first kappa shape index (κ1) is 19.6. The van der Waals surface area contributed by atoms with Gasteiger partial charge in [0.15, 0.2) is 5.69 Å². The molecule has 4 rings (SSSR count). The Bertz CT molecular complexity index is 1130. The van der Waals surface area contributed by atoms with E-state index in [1.807, 2.05) is 59.1 Å². The van der Waals surface area contributed by atoms with Crippen molar-refractivity contribution in [3.8, 4) is 0 Å². The second kappa shape index (κ2) is 7.96. The zero-order valence-corrected chi connectivity index (χ0v) is 17.1. The lowest BCUT2D eigenvalue weighted by molar-refractivity contribution is 0.0948. The van der Waals surface area contributed by atoms with Gasteiger partial charge in [-0.2, -0.15) is 0 Å². The van der Waals surface area contributed by atoms with Gasteiger partial charge in [-0.25, -0.2) is 17.7 Å². The number of carbonyl (C=O) groups excluding carboxylic acids is 1. The summed E-state index contributed by atoms with van der Waals surface area (Å²) in [4.78, 5) is 17.5. The van der Waals surface area contributed by atoms with E-state index in [1.165, 1.54) is 10.6 Å². The molecule has 3 heterocycles. The minimum absolute atomic E-state index is 0.0518. The molecule has 0 bridgehead atoms. The number of hydrogen-bond donors (Lipinski definition) is 1. The third kappa shape index (κ3) is 4.18. The van der Waals surface area contributed by atoms with E-state index in [-0.39, 0.29) is 11.8 Å². The van der Waals surface area contributed by atoms with Crippen molar-refractivity contribution in [3.63, 3.8) is 0 Å². The van der Waals surface area contributed by atoms with Gasteiger partial charge in [0.05, 0.1) is 11.8 Å². The van der Waals surface area contributed by atoms with Crippen LogP contribution in [0.4, 0.5) is 0 Å². The first-order valence-corrected chi connectivity index (χ1v) is 11.5. The Morgan fingerprint density at radius 1 is 1.17 bits per heavy atom. The molecule has 0 saturated carbocycles. The molecule has 29 heavy (non-hydrogen) atoms. The number of imidazole rings is 1. The molecule has 1 N–H and O–H groups in total. The first-order valence-electron chi connectivity index (χ1n) is 9.67. The third-order valence-electron chi connectivity index (χ3n) is 5.30. The van der Waals surface area contributed by atoms with Crippen LogP contribution in [0.2, 0.25) is 0 Å². The number of benzene rings is 1. The zero-order chi connectivity index (χ0) is 20.4. The summed E-state index contributed by atoms with van der Waals surface area (Å²) in [6.45, 7) is 1.34. The van der Waals surface area contributed by atoms with Crippen molar-refractivity contribution in [2.75, 3.05) is 19.3 Å². The largest absolute Gasteiger partial charge is 0.347 e. The highest BCUT2D eigenvalue weighted by Gasteiger charge is 2.30. The van der Waals surface area contributed by atoms with Crippen LogP contribution in [0.15, 0.2) is 54.7 Å². The van der Waals surface area contributed by atoms with Gasteiger partial charge in [-0.15, -0.1) is 0 Å². The molecule has 0 aliphatic carbocycles. The van der Waals surface area contributed by atoms with Crippen LogP contribution in [0.1, 0.15) is 40.6 Å². The Morgan fingerprint density at radius 2 is 1.93 bits per heavy atom. The van der Waals surface area contributed by atoms with Crippen molar-refractivity contribution in [1.29, 1.82) is 0 Å². The van der Waals surface area contributed by atoms with E-state index < -0.39 is 10.0 Å². The number of rotatable bonds is 5. The SMILES string of the molecule is CS(=O)(=O)N1CCC[C@@H](c2nc(C(=O)NCc3ccccc3)c3ccccn23)C1. The topological polar surface area (TPSA) is 83.8 Å². The van der Waals surface area contributed by atoms with Crippen LogP contribution >= 0.6 is 0 Å². The molecule has 1 aliphatic heterocycles. The highest BCUT2D eigenvalue weighted by atomic mass is 32.2. The average Bonchev–Trinajstić information content (AvgIpc) is 3.12. The maximum absolute atomic E-state index is 12.9. The van der Waals surface area contributed by atoms with Gasteiger partial charge in [-0.05, 0) is 30.5 Å². The van der Waals surface area contributed by atoms with E-state index in [4.69, 9.17) is 0 Å². The van der Waals surface area contributed by atoms with Crippen molar-refractivity contribution in [2.45, 2.75) is 25.3 Å². The molecule has 0 radical (unpaired) electrons.